The fourth-order valence-corrected chi connectivity index (χ4v) is 22.4. The first-order chi connectivity index (χ1) is 11.8. The number of rotatable bonds is 14. The number of esters is 1. The molecular formula is C21H39NO2Sn. The van der Waals surface area contributed by atoms with E-state index in [4.69, 9.17) is 4.74 Å². The number of nitrogens with zero attached hydrogens (tertiary/aromatic N) is 1. The van der Waals surface area contributed by atoms with Crippen molar-refractivity contribution in [3.05, 3.63) is 12.2 Å². The second kappa shape index (κ2) is 12.8. The summed E-state index contributed by atoms with van der Waals surface area (Å²) in [4.78, 5) is 11.8. The molecule has 144 valence electrons. The molecule has 0 amide bonds. The van der Waals surface area contributed by atoms with Crippen LogP contribution in [0.3, 0.4) is 0 Å². The van der Waals surface area contributed by atoms with Gasteiger partial charge in [0.05, 0.1) is 0 Å². The Labute approximate surface area is 160 Å². The van der Waals surface area contributed by atoms with Crippen molar-refractivity contribution >= 4 is 24.3 Å². The second-order valence-electron chi connectivity index (χ2n) is 7.93. The molecule has 0 heterocycles. The van der Waals surface area contributed by atoms with Crippen LogP contribution in [-0.4, -0.2) is 31.5 Å². The third-order valence-electron chi connectivity index (χ3n) is 5.29. The molecule has 0 rings (SSSR count). The van der Waals surface area contributed by atoms with Crippen molar-refractivity contribution < 1.29 is 9.53 Å². The van der Waals surface area contributed by atoms with E-state index in [1.54, 1.807) is 0 Å². The number of ether oxygens (including phenoxy) is 1. The first-order valence-electron chi connectivity index (χ1n) is 9.99. The Hall–Kier alpha value is -0.501. The molecule has 4 heteroatoms. The summed E-state index contributed by atoms with van der Waals surface area (Å²) in [6, 6.07) is 2.56. The number of hydrogen-bond acceptors (Lipinski definition) is 3. The average molecular weight is 456 g/mol. The molecular weight excluding hydrogens is 417 g/mol. The Morgan fingerprint density at radius 3 is 1.84 bits per heavy atom. The van der Waals surface area contributed by atoms with Crippen LogP contribution < -0.4 is 0 Å². The molecule has 0 aromatic carbocycles. The van der Waals surface area contributed by atoms with Gasteiger partial charge in [0.2, 0.25) is 0 Å². The van der Waals surface area contributed by atoms with E-state index < -0.39 is 23.8 Å². The van der Waals surface area contributed by atoms with E-state index in [2.05, 4.69) is 33.4 Å². The summed E-state index contributed by atoms with van der Waals surface area (Å²) in [5.41, 5.74) is -0.0375. The number of carbonyl (C=O) groups is 1. The second-order valence-corrected chi connectivity index (χ2v) is 21.8. The maximum atomic E-state index is 11.8. The van der Waals surface area contributed by atoms with E-state index in [0.717, 1.165) is 4.44 Å². The Kier molecular flexibility index (Phi) is 12.5. The van der Waals surface area contributed by atoms with Gasteiger partial charge in [0.15, 0.2) is 0 Å². The summed E-state index contributed by atoms with van der Waals surface area (Å²) in [5.74, 6) is -0.377. The summed E-state index contributed by atoms with van der Waals surface area (Å²) in [6.07, 6.45) is 8.02. The molecule has 0 bridgehead atoms. The predicted octanol–water partition coefficient (Wildman–Crippen LogP) is 6.48. The minimum absolute atomic E-state index is 0.377. The fraction of sp³-hybridized carbons (Fsp3) is 0.810. The predicted molar refractivity (Wildman–Crippen MR) is 109 cm³/mol. The van der Waals surface area contributed by atoms with Crippen LogP contribution in [0.15, 0.2) is 12.2 Å². The molecule has 3 nitrogen and oxygen atoms in total. The van der Waals surface area contributed by atoms with Crippen LogP contribution >= 0.6 is 0 Å². The third kappa shape index (κ3) is 9.13. The van der Waals surface area contributed by atoms with Crippen LogP contribution in [0.2, 0.25) is 17.7 Å². The van der Waals surface area contributed by atoms with Gasteiger partial charge in [-0.3, -0.25) is 0 Å². The molecule has 0 aliphatic heterocycles. The number of hydrogen-bond donors (Lipinski definition) is 0. The minimum atomic E-state index is -2.43. The summed E-state index contributed by atoms with van der Waals surface area (Å²) < 4.78 is 9.99. The summed E-state index contributed by atoms with van der Waals surface area (Å²) in [5, 5.41) is 9.92. The van der Waals surface area contributed by atoms with Crippen LogP contribution in [0.4, 0.5) is 0 Å². The van der Waals surface area contributed by atoms with Crippen molar-refractivity contribution in [2.45, 2.75) is 90.4 Å². The van der Waals surface area contributed by atoms with Crippen molar-refractivity contribution in [3.8, 4) is 6.07 Å². The summed E-state index contributed by atoms with van der Waals surface area (Å²) in [7, 11) is 1.38. The topological polar surface area (TPSA) is 50.1 Å². The van der Waals surface area contributed by atoms with Crippen LogP contribution in [0.5, 0.6) is 0 Å². The normalized spacial score (nSPS) is 13.8. The van der Waals surface area contributed by atoms with E-state index in [1.165, 1.54) is 58.9 Å². The molecule has 0 spiro atoms. The number of methoxy groups -OCH3 is 1. The van der Waals surface area contributed by atoms with Gasteiger partial charge in [-0.05, 0) is 0 Å². The van der Waals surface area contributed by atoms with Gasteiger partial charge in [-0.2, -0.15) is 0 Å². The molecule has 1 unspecified atom stereocenters. The van der Waals surface area contributed by atoms with Gasteiger partial charge in [0.25, 0.3) is 0 Å². The quantitative estimate of drug-likeness (QED) is 0.171. The van der Waals surface area contributed by atoms with Gasteiger partial charge >= 0.3 is 160 Å². The monoisotopic (exact) mass is 457 g/mol. The Morgan fingerprint density at radius 2 is 1.52 bits per heavy atom. The van der Waals surface area contributed by atoms with E-state index in [-0.39, 0.29) is 5.97 Å². The third-order valence-corrected chi connectivity index (χ3v) is 21.8. The van der Waals surface area contributed by atoms with Crippen molar-refractivity contribution in [2.75, 3.05) is 7.11 Å². The SMILES string of the molecule is C=C(CC(C)(C#N)[CH2][Sn]([CH2]CCC)([CH2]CCC)[CH2]CCC)C(=O)OC. The summed E-state index contributed by atoms with van der Waals surface area (Å²) in [6.45, 7) is 12.7. The van der Waals surface area contributed by atoms with Crippen LogP contribution in [0, 0.1) is 16.7 Å². The average Bonchev–Trinajstić information content (AvgIpc) is 2.61. The van der Waals surface area contributed by atoms with Gasteiger partial charge in [0.1, 0.15) is 0 Å². The van der Waals surface area contributed by atoms with E-state index in [9.17, 15) is 10.1 Å². The van der Waals surface area contributed by atoms with Crippen molar-refractivity contribution in [1.29, 1.82) is 5.26 Å². The van der Waals surface area contributed by atoms with Crippen molar-refractivity contribution in [1.82, 2.24) is 0 Å². The fourth-order valence-electron chi connectivity index (χ4n) is 3.95. The standard InChI is InChI=1S/C9H12NO2.3C4H9.Sn/c1-7(8(11)12-4)5-9(2,3)6-10;3*1-3-4-2;/h1-2,5H2,3-4H3;3*1,3-4H2,2H3;. The molecule has 0 saturated heterocycles. The van der Waals surface area contributed by atoms with Crippen molar-refractivity contribution in [3.63, 3.8) is 0 Å². The molecule has 0 aliphatic carbocycles. The first-order valence-corrected chi connectivity index (χ1v) is 18.1. The van der Waals surface area contributed by atoms with E-state index in [1.807, 2.05) is 6.92 Å². The molecule has 0 aliphatic rings. The molecule has 0 aromatic rings. The Morgan fingerprint density at radius 1 is 1.08 bits per heavy atom. The number of carbonyl (C=O) groups excluding carboxylic acids is 1. The Balaban J connectivity index is 5.45. The molecule has 0 fully saturated rings. The van der Waals surface area contributed by atoms with Crippen LogP contribution in [0.1, 0.15) is 72.6 Å². The zero-order valence-corrected chi connectivity index (χ0v) is 20.1. The van der Waals surface area contributed by atoms with Crippen molar-refractivity contribution in [2.24, 2.45) is 5.41 Å². The maximum absolute atomic E-state index is 11.8. The zero-order valence-electron chi connectivity index (χ0n) is 17.2. The molecule has 0 saturated carbocycles. The zero-order chi connectivity index (χ0) is 19.3. The van der Waals surface area contributed by atoms with Gasteiger partial charge < -0.3 is 0 Å². The van der Waals surface area contributed by atoms with Gasteiger partial charge in [-0.25, -0.2) is 0 Å². The van der Waals surface area contributed by atoms with Gasteiger partial charge in [-0.15, -0.1) is 0 Å². The number of nitriles is 1. The number of unbranched alkanes of at least 4 members (excludes halogenated alkanes) is 3. The van der Waals surface area contributed by atoms with E-state index >= 15 is 0 Å². The van der Waals surface area contributed by atoms with Gasteiger partial charge in [0, 0.05) is 0 Å². The Bertz CT molecular complexity index is 434. The summed E-state index contributed by atoms with van der Waals surface area (Å²) >= 11 is -2.43. The van der Waals surface area contributed by atoms with Crippen LogP contribution in [0.25, 0.3) is 0 Å². The molecule has 1 atom stereocenters. The molecule has 25 heavy (non-hydrogen) atoms. The van der Waals surface area contributed by atoms with Crippen LogP contribution in [-0.2, 0) is 9.53 Å². The molecule has 0 aromatic heterocycles. The van der Waals surface area contributed by atoms with E-state index in [0.29, 0.717) is 12.0 Å². The molecule has 0 radical (unpaired) electrons. The first kappa shape index (κ1) is 24.5. The van der Waals surface area contributed by atoms with Gasteiger partial charge in [-0.1, -0.05) is 0 Å². The molecule has 0 N–H and O–H groups in total.